The SMILES string of the molecule is COCC(N)C(=O)NCC1CCCN1Cc1ccccc1. The third-order valence-corrected chi connectivity index (χ3v) is 3.92. The second-order valence-corrected chi connectivity index (χ2v) is 5.56. The van der Waals surface area contributed by atoms with E-state index in [0.29, 0.717) is 12.6 Å². The van der Waals surface area contributed by atoms with Crippen molar-refractivity contribution >= 4 is 5.91 Å². The van der Waals surface area contributed by atoms with Crippen molar-refractivity contribution in [1.82, 2.24) is 10.2 Å². The van der Waals surface area contributed by atoms with Crippen LogP contribution in [0.3, 0.4) is 0 Å². The third kappa shape index (κ3) is 4.81. The summed E-state index contributed by atoms with van der Waals surface area (Å²) in [6, 6.07) is 10.2. The van der Waals surface area contributed by atoms with Crippen LogP contribution in [0.5, 0.6) is 0 Å². The van der Waals surface area contributed by atoms with E-state index in [4.69, 9.17) is 10.5 Å². The van der Waals surface area contributed by atoms with Crippen LogP contribution in [0.25, 0.3) is 0 Å². The molecule has 0 aliphatic carbocycles. The molecule has 1 fully saturated rings. The molecule has 116 valence electrons. The highest BCUT2D eigenvalue weighted by molar-refractivity contribution is 5.81. The van der Waals surface area contributed by atoms with Crippen LogP contribution >= 0.6 is 0 Å². The van der Waals surface area contributed by atoms with E-state index in [2.05, 4.69) is 34.5 Å². The number of benzene rings is 1. The third-order valence-electron chi connectivity index (χ3n) is 3.92. The highest BCUT2D eigenvalue weighted by atomic mass is 16.5. The second-order valence-electron chi connectivity index (χ2n) is 5.56. The first-order chi connectivity index (χ1) is 10.2. The summed E-state index contributed by atoms with van der Waals surface area (Å²) in [4.78, 5) is 14.2. The molecular weight excluding hydrogens is 266 g/mol. The smallest absolute Gasteiger partial charge is 0.239 e. The molecule has 0 radical (unpaired) electrons. The van der Waals surface area contributed by atoms with E-state index in [1.54, 1.807) is 7.11 Å². The lowest BCUT2D eigenvalue weighted by Gasteiger charge is -2.25. The van der Waals surface area contributed by atoms with Crippen LogP contribution in [0, 0.1) is 0 Å². The average Bonchev–Trinajstić information content (AvgIpc) is 2.93. The van der Waals surface area contributed by atoms with Gasteiger partial charge < -0.3 is 15.8 Å². The summed E-state index contributed by atoms with van der Waals surface area (Å²) in [7, 11) is 1.55. The maximum atomic E-state index is 11.8. The van der Waals surface area contributed by atoms with Crippen molar-refractivity contribution < 1.29 is 9.53 Å². The molecule has 0 spiro atoms. The Labute approximate surface area is 126 Å². The summed E-state index contributed by atoms with van der Waals surface area (Å²) in [5.74, 6) is -0.136. The summed E-state index contributed by atoms with van der Waals surface area (Å²) in [5.41, 5.74) is 7.03. The van der Waals surface area contributed by atoms with E-state index < -0.39 is 6.04 Å². The van der Waals surface area contributed by atoms with Crippen LogP contribution in [-0.2, 0) is 16.1 Å². The minimum absolute atomic E-state index is 0.136. The lowest BCUT2D eigenvalue weighted by atomic mass is 10.1. The molecule has 1 saturated heterocycles. The van der Waals surface area contributed by atoms with Gasteiger partial charge in [-0.1, -0.05) is 30.3 Å². The lowest BCUT2D eigenvalue weighted by Crippen LogP contribution is -2.47. The molecule has 1 amide bonds. The summed E-state index contributed by atoms with van der Waals surface area (Å²) in [5, 5.41) is 2.94. The number of nitrogens with one attached hydrogen (secondary N) is 1. The first-order valence-corrected chi connectivity index (χ1v) is 7.51. The number of nitrogens with zero attached hydrogens (tertiary/aromatic N) is 1. The number of nitrogens with two attached hydrogens (primary N) is 1. The van der Waals surface area contributed by atoms with Crippen LogP contribution in [0.1, 0.15) is 18.4 Å². The van der Waals surface area contributed by atoms with E-state index in [1.807, 2.05) is 6.07 Å². The Morgan fingerprint density at radius 3 is 2.95 bits per heavy atom. The Morgan fingerprint density at radius 1 is 1.48 bits per heavy atom. The number of hydrogen-bond acceptors (Lipinski definition) is 4. The van der Waals surface area contributed by atoms with E-state index in [-0.39, 0.29) is 12.5 Å². The van der Waals surface area contributed by atoms with E-state index in [1.165, 1.54) is 12.0 Å². The highest BCUT2D eigenvalue weighted by Gasteiger charge is 2.25. The number of hydrogen-bond donors (Lipinski definition) is 2. The molecule has 5 heteroatoms. The summed E-state index contributed by atoms with van der Waals surface area (Å²) < 4.78 is 4.90. The molecule has 1 aromatic rings. The molecule has 2 rings (SSSR count). The molecule has 0 bridgehead atoms. The molecule has 21 heavy (non-hydrogen) atoms. The van der Waals surface area contributed by atoms with Gasteiger partial charge in [0, 0.05) is 26.2 Å². The Balaban J connectivity index is 1.81. The average molecular weight is 291 g/mol. The van der Waals surface area contributed by atoms with Gasteiger partial charge in [-0.3, -0.25) is 9.69 Å². The van der Waals surface area contributed by atoms with Crippen LogP contribution in [-0.4, -0.2) is 49.7 Å². The van der Waals surface area contributed by atoms with Gasteiger partial charge in [0.05, 0.1) is 6.61 Å². The first-order valence-electron chi connectivity index (χ1n) is 7.51. The van der Waals surface area contributed by atoms with Crippen LogP contribution in [0.15, 0.2) is 30.3 Å². The van der Waals surface area contributed by atoms with Crippen molar-refractivity contribution in [3.8, 4) is 0 Å². The summed E-state index contributed by atoms with van der Waals surface area (Å²) >= 11 is 0. The van der Waals surface area contributed by atoms with Gasteiger partial charge in [-0.15, -0.1) is 0 Å². The predicted octanol–water partition coefficient (Wildman–Crippen LogP) is 0.741. The van der Waals surface area contributed by atoms with E-state index in [9.17, 15) is 4.79 Å². The molecular formula is C16H25N3O2. The Morgan fingerprint density at radius 2 is 2.24 bits per heavy atom. The zero-order chi connectivity index (χ0) is 15.1. The van der Waals surface area contributed by atoms with Crippen LogP contribution in [0.4, 0.5) is 0 Å². The van der Waals surface area contributed by atoms with Gasteiger partial charge in [0.25, 0.3) is 0 Å². The minimum atomic E-state index is -0.584. The summed E-state index contributed by atoms with van der Waals surface area (Å²) in [6.07, 6.45) is 2.30. The van der Waals surface area contributed by atoms with Gasteiger partial charge in [0.15, 0.2) is 0 Å². The van der Waals surface area contributed by atoms with Gasteiger partial charge in [0.1, 0.15) is 6.04 Å². The van der Waals surface area contributed by atoms with Crippen molar-refractivity contribution in [1.29, 1.82) is 0 Å². The van der Waals surface area contributed by atoms with Crippen molar-refractivity contribution in [2.24, 2.45) is 5.73 Å². The number of ether oxygens (including phenoxy) is 1. The Hall–Kier alpha value is -1.43. The van der Waals surface area contributed by atoms with Gasteiger partial charge in [-0.25, -0.2) is 0 Å². The summed E-state index contributed by atoms with van der Waals surface area (Å²) in [6.45, 7) is 2.93. The molecule has 1 aliphatic rings. The monoisotopic (exact) mass is 291 g/mol. The van der Waals surface area contributed by atoms with Crippen molar-refractivity contribution in [2.75, 3.05) is 26.8 Å². The number of carbonyl (C=O) groups is 1. The van der Waals surface area contributed by atoms with Gasteiger partial charge in [-0.05, 0) is 24.9 Å². The number of methoxy groups -OCH3 is 1. The van der Waals surface area contributed by atoms with Crippen molar-refractivity contribution in [3.05, 3.63) is 35.9 Å². The van der Waals surface area contributed by atoms with Crippen molar-refractivity contribution in [2.45, 2.75) is 31.5 Å². The highest BCUT2D eigenvalue weighted by Crippen LogP contribution is 2.19. The standard InChI is InChI=1S/C16H25N3O2/c1-21-12-15(17)16(20)18-10-14-8-5-9-19(14)11-13-6-3-2-4-7-13/h2-4,6-7,14-15H,5,8-12,17H2,1H3,(H,18,20). The number of carbonyl (C=O) groups excluding carboxylic acids is 1. The molecule has 1 aromatic carbocycles. The molecule has 1 aliphatic heterocycles. The fourth-order valence-corrected chi connectivity index (χ4v) is 2.76. The van der Waals surface area contributed by atoms with E-state index >= 15 is 0 Å². The Kier molecular flexibility index (Phi) is 6.17. The maximum Gasteiger partial charge on any atom is 0.239 e. The first kappa shape index (κ1) is 15.9. The van der Waals surface area contributed by atoms with Gasteiger partial charge in [-0.2, -0.15) is 0 Å². The number of amides is 1. The minimum Gasteiger partial charge on any atom is -0.383 e. The zero-order valence-electron chi connectivity index (χ0n) is 12.6. The largest absolute Gasteiger partial charge is 0.383 e. The normalized spacial score (nSPS) is 20.4. The van der Waals surface area contributed by atoms with E-state index in [0.717, 1.165) is 19.5 Å². The fourth-order valence-electron chi connectivity index (χ4n) is 2.76. The van der Waals surface area contributed by atoms with Crippen LogP contribution in [0.2, 0.25) is 0 Å². The maximum absolute atomic E-state index is 11.8. The van der Waals surface area contributed by atoms with Gasteiger partial charge >= 0.3 is 0 Å². The Bertz CT molecular complexity index is 438. The number of rotatable bonds is 7. The number of likely N-dealkylation sites (tertiary alicyclic amines) is 1. The molecule has 3 N–H and O–H groups in total. The van der Waals surface area contributed by atoms with Crippen LogP contribution < -0.4 is 11.1 Å². The molecule has 0 saturated carbocycles. The zero-order valence-corrected chi connectivity index (χ0v) is 12.6. The lowest BCUT2D eigenvalue weighted by molar-refractivity contribution is -0.123. The second kappa shape index (κ2) is 8.12. The molecule has 2 atom stereocenters. The molecule has 2 unspecified atom stereocenters. The molecule has 0 aromatic heterocycles. The molecule has 1 heterocycles. The topological polar surface area (TPSA) is 67.6 Å². The quantitative estimate of drug-likeness (QED) is 0.777. The van der Waals surface area contributed by atoms with Gasteiger partial charge in [0.2, 0.25) is 5.91 Å². The van der Waals surface area contributed by atoms with Crippen molar-refractivity contribution in [3.63, 3.8) is 0 Å². The predicted molar refractivity (Wildman–Crippen MR) is 82.7 cm³/mol. The molecule has 5 nitrogen and oxygen atoms in total. The fraction of sp³-hybridized carbons (Fsp3) is 0.562.